The normalized spacial score (nSPS) is 10.6. The number of aromatic nitrogens is 1. The minimum absolute atomic E-state index is 0.0909. The van der Waals surface area contributed by atoms with Gasteiger partial charge in [0, 0.05) is 28.7 Å². The molecular formula is C13H13ClN2O2. The van der Waals surface area contributed by atoms with Crippen LogP contribution in [0.3, 0.4) is 0 Å². The molecular weight excluding hydrogens is 252 g/mol. The Morgan fingerprint density at radius 2 is 2.28 bits per heavy atom. The van der Waals surface area contributed by atoms with Crippen molar-refractivity contribution in [1.82, 2.24) is 9.88 Å². The van der Waals surface area contributed by atoms with Crippen molar-refractivity contribution in [1.29, 1.82) is 0 Å². The molecule has 1 amide bonds. The molecule has 0 saturated carbocycles. The van der Waals surface area contributed by atoms with Crippen LogP contribution in [0.4, 0.5) is 0 Å². The number of halogens is 1. The van der Waals surface area contributed by atoms with Crippen molar-refractivity contribution in [2.24, 2.45) is 0 Å². The number of carbonyl (C=O) groups excluding carboxylic acids is 2. The summed E-state index contributed by atoms with van der Waals surface area (Å²) < 4.78 is 1.73. The van der Waals surface area contributed by atoms with Gasteiger partial charge in [0.15, 0.2) is 6.29 Å². The maximum atomic E-state index is 11.6. The molecule has 0 unspecified atom stereocenters. The summed E-state index contributed by atoms with van der Waals surface area (Å²) in [7, 11) is 0. The first kappa shape index (κ1) is 12.6. The second-order valence-corrected chi connectivity index (χ2v) is 4.38. The van der Waals surface area contributed by atoms with Crippen LogP contribution in [0, 0.1) is 0 Å². The van der Waals surface area contributed by atoms with E-state index in [0.29, 0.717) is 17.1 Å². The Balaban J connectivity index is 2.46. The SMILES string of the molecule is CCNC(=O)Cn1cc(C=O)c2ccc(Cl)cc21. The van der Waals surface area contributed by atoms with Gasteiger partial charge in [-0.1, -0.05) is 17.7 Å². The van der Waals surface area contributed by atoms with Crippen LogP contribution < -0.4 is 5.32 Å². The maximum absolute atomic E-state index is 11.6. The molecule has 0 bridgehead atoms. The Hall–Kier alpha value is -1.81. The van der Waals surface area contributed by atoms with Gasteiger partial charge in [-0.05, 0) is 19.1 Å². The number of hydrogen-bond acceptors (Lipinski definition) is 2. The third-order valence-corrected chi connectivity index (χ3v) is 2.93. The quantitative estimate of drug-likeness (QED) is 0.861. The Morgan fingerprint density at radius 3 is 2.94 bits per heavy atom. The number of fused-ring (bicyclic) bond motifs is 1. The van der Waals surface area contributed by atoms with E-state index in [4.69, 9.17) is 11.6 Å². The molecule has 0 spiro atoms. The van der Waals surface area contributed by atoms with Gasteiger partial charge in [0.1, 0.15) is 6.54 Å². The predicted octanol–water partition coefficient (Wildman–Crippen LogP) is 2.24. The lowest BCUT2D eigenvalue weighted by molar-refractivity contribution is -0.121. The molecule has 1 N–H and O–H groups in total. The van der Waals surface area contributed by atoms with Gasteiger partial charge in [-0.15, -0.1) is 0 Å². The minimum atomic E-state index is -0.0909. The Kier molecular flexibility index (Phi) is 3.67. The number of nitrogens with zero attached hydrogens (tertiary/aromatic N) is 1. The van der Waals surface area contributed by atoms with Crippen molar-refractivity contribution in [3.8, 4) is 0 Å². The number of carbonyl (C=O) groups is 2. The molecule has 0 aliphatic rings. The zero-order chi connectivity index (χ0) is 13.1. The third kappa shape index (κ3) is 2.38. The molecule has 94 valence electrons. The first-order valence-corrected chi connectivity index (χ1v) is 6.03. The minimum Gasteiger partial charge on any atom is -0.355 e. The second kappa shape index (κ2) is 5.23. The van der Waals surface area contributed by atoms with Crippen molar-refractivity contribution in [3.63, 3.8) is 0 Å². The van der Waals surface area contributed by atoms with E-state index in [2.05, 4.69) is 5.32 Å². The number of rotatable bonds is 4. The van der Waals surface area contributed by atoms with E-state index in [0.717, 1.165) is 17.2 Å². The first-order valence-electron chi connectivity index (χ1n) is 5.66. The van der Waals surface area contributed by atoms with Crippen LogP contribution >= 0.6 is 11.6 Å². The van der Waals surface area contributed by atoms with E-state index in [1.807, 2.05) is 6.92 Å². The summed E-state index contributed by atoms with van der Waals surface area (Å²) in [6.07, 6.45) is 2.45. The zero-order valence-corrected chi connectivity index (χ0v) is 10.7. The number of nitrogens with one attached hydrogen (secondary N) is 1. The van der Waals surface area contributed by atoms with Gasteiger partial charge >= 0.3 is 0 Å². The summed E-state index contributed by atoms with van der Waals surface area (Å²) in [6.45, 7) is 2.62. The average Bonchev–Trinajstić information content (AvgIpc) is 2.67. The monoisotopic (exact) mass is 264 g/mol. The van der Waals surface area contributed by atoms with E-state index < -0.39 is 0 Å². The van der Waals surface area contributed by atoms with Gasteiger partial charge in [0.05, 0.1) is 5.52 Å². The fraction of sp³-hybridized carbons (Fsp3) is 0.231. The summed E-state index contributed by atoms with van der Waals surface area (Å²) >= 11 is 5.94. The number of amides is 1. The predicted molar refractivity (Wildman–Crippen MR) is 71.0 cm³/mol. The standard InChI is InChI=1S/C13H13ClN2O2/c1-2-15-13(18)7-16-6-9(8-17)11-4-3-10(14)5-12(11)16/h3-6,8H,2,7H2,1H3,(H,15,18). The number of likely N-dealkylation sites (N-methyl/N-ethyl adjacent to an activating group) is 1. The lowest BCUT2D eigenvalue weighted by Crippen LogP contribution is -2.26. The molecule has 0 saturated heterocycles. The molecule has 2 rings (SSSR count). The first-order chi connectivity index (χ1) is 8.65. The Morgan fingerprint density at radius 1 is 1.50 bits per heavy atom. The van der Waals surface area contributed by atoms with Gasteiger partial charge in [-0.2, -0.15) is 0 Å². The molecule has 1 aromatic carbocycles. The summed E-state index contributed by atoms with van der Waals surface area (Å²) in [5, 5.41) is 4.10. The van der Waals surface area contributed by atoms with E-state index >= 15 is 0 Å². The van der Waals surface area contributed by atoms with Crippen molar-refractivity contribution in [3.05, 3.63) is 35.0 Å². The Labute approximate surface area is 110 Å². The van der Waals surface area contributed by atoms with Gasteiger partial charge in [-0.25, -0.2) is 0 Å². The molecule has 2 aromatic rings. The van der Waals surface area contributed by atoms with Crippen molar-refractivity contribution in [2.75, 3.05) is 6.54 Å². The van der Waals surface area contributed by atoms with Crippen LogP contribution in [0.1, 0.15) is 17.3 Å². The topological polar surface area (TPSA) is 51.1 Å². The molecule has 0 fully saturated rings. The summed E-state index contributed by atoms with van der Waals surface area (Å²) in [4.78, 5) is 22.6. The third-order valence-electron chi connectivity index (χ3n) is 2.69. The van der Waals surface area contributed by atoms with Crippen LogP contribution in [-0.4, -0.2) is 23.3 Å². The fourth-order valence-electron chi connectivity index (χ4n) is 1.93. The smallest absolute Gasteiger partial charge is 0.239 e. The lowest BCUT2D eigenvalue weighted by atomic mass is 10.2. The molecule has 0 radical (unpaired) electrons. The zero-order valence-electron chi connectivity index (χ0n) is 9.94. The summed E-state index contributed by atoms with van der Waals surface area (Å²) in [5.41, 5.74) is 1.35. The van der Waals surface area contributed by atoms with E-state index in [1.54, 1.807) is 29.0 Å². The number of benzene rings is 1. The van der Waals surface area contributed by atoms with E-state index in [-0.39, 0.29) is 12.5 Å². The highest BCUT2D eigenvalue weighted by atomic mass is 35.5. The van der Waals surface area contributed by atoms with Crippen LogP contribution in [0.15, 0.2) is 24.4 Å². The number of hydrogen-bond donors (Lipinski definition) is 1. The summed E-state index contributed by atoms with van der Waals surface area (Å²) in [5.74, 6) is -0.0909. The van der Waals surface area contributed by atoms with Crippen molar-refractivity contribution < 1.29 is 9.59 Å². The molecule has 4 nitrogen and oxygen atoms in total. The van der Waals surface area contributed by atoms with Gasteiger partial charge in [0.25, 0.3) is 0 Å². The van der Waals surface area contributed by atoms with E-state index in [9.17, 15) is 9.59 Å². The maximum Gasteiger partial charge on any atom is 0.239 e. The molecule has 18 heavy (non-hydrogen) atoms. The van der Waals surface area contributed by atoms with Crippen LogP contribution in [-0.2, 0) is 11.3 Å². The molecule has 1 heterocycles. The van der Waals surface area contributed by atoms with Crippen molar-refractivity contribution in [2.45, 2.75) is 13.5 Å². The highest BCUT2D eigenvalue weighted by molar-refractivity contribution is 6.31. The average molecular weight is 265 g/mol. The number of aldehydes is 1. The lowest BCUT2D eigenvalue weighted by Gasteiger charge is -2.05. The van der Waals surface area contributed by atoms with Crippen LogP contribution in [0.5, 0.6) is 0 Å². The Bertz CT molecular complexity index is 604. The molecule has 0 atom stereocenters. The van der Waals surface area contributed by atoms with Crippen LogP contribution in [0.25, 0.3) is 10.9 Å². The van der Waals surface area contributed by atoms with Gasteiger partial charge < -0.3 is 9.88 Å². The van der Waals surface area contributed by atoms with Gasteiger partial charge in [-0.3, -0.25) is 9.59 Å². The molecule has 1 aromatic heterocycles. The van der Waals surface area contributed by atoms with E-state index in [1.165, 1.54) is 0 Å². The fourth-order valence-corrected chi connectivity index (χ4v) is 2.09. The largest absolute Gasteiger partial charge is 0.355 e. The highest BCUT2D eigenvalue weighted by Gasteiger charge is 2.10. The molecule has 5 heteroatoms. The molecule has 0 aliphatic carbocycles. The second-order valence-electron chi connectivity index (χ2n) is 3.95. The van der Waals surface area contributed by atoms with Crippen LogP contribution in [0.2, 0.25) is 5.02 Å². The molecule has 0 aliphatic heterocycles. The van der Waals surface area contributed by atoms with Gasteiger partial charge in [0.2, 0.25) is 5.91 Å². The summed E-state index contributed by atoms with van der Waals surface area (Å²) in [6, 6.07) is 5.27. The highest BCUT2D eigenvalue weighted by Crippen LogP contribution is 2.23. The van der Waals surface area contributed by atoms with Crippen molar-refractivity contribution >= 4 is 34.7 Å².